The van der Waals surface area contributed by atoms with Gasteiger partial charge in [0, 0.05) is 10.2 Å². The van der Waals surface area contributed by atoms with E-state index in [9.17, 15) is 4.57 Å². The molecular formula is C18H23O2PS. The maximum absolute atomic E-state index is 13.2. The molecular weight excluding hydrogens is 311 g/mol. The smallest absolute Gasteiger partial charge is 0.291 e. The molecule has 0 fully saturated rings. The lowest BCUT2D eigenvalue weighted by Gasteiger charge is -2.20. The Hall–Kier alpha value is -1.02. The lowest BCUT2D eigenvalue weighted by Crippen LogP contribution is -2.10. The zero-order valence-corrected chi connectivity index (χ0v) is 15.3. The zero-order valence-electron chi connectivity index (χ0n) is 13.6. The molecule has 0 aliphatic carbocycles. The van der Waals surface area contributed by atoms with Gasteiger partial charge in [-0.3, -0.25) is 4.57 Å². The van der Waals surface area contributed by atoms with Crippen molar-refractivity contribution in [1.29, 1.82) is 0 Å². The van der Waals surface area contributed by atoms with E-state index in [4.69, 9.17) is 4.52 Å². The van der Waals surface area contributed by atoms with Gasteiger partial charge >= 0.3 is 0 Å². The second kappa shape index (κ2) is 7.04. The zero-order chi connectivity index (χ0) is 16.2. The highest BCUT2D eigenvalue weighted by Crippen LogP contribution is 2.61. The van der Waals surface area contributed by atoms with Crippen molar-refractivity contribution in [2.45, 2.75) is 38.0 Å². The maximum atomic E-state index is 13.2. The highest BCUT2D eigenvalue weighted by molar-refractivity contribution is 8.58. The highest BCUT2D eigenvalue weighted by atomic mass is 32.7. The van der Waals surface area contributed by atoms with E-state index in [1.165, 1.54) is 16.9 Å². The van der Waals surface area contributed by atoms with Crippen LogP contribution >= 0.6 is 18.0 Å². The standard InChI is InChI=1S/C18H23O2PS/c1-5-20-21(19,16-9-7-6-8-10-16)22-17-13-11-15(12-14-17)18(2,3)4/h6-14H,5H2,1-4H3. The van der Waals surface area contributed by atoms with E-state index in [0.29, 0.717) is 6.61 Å². The lowest BCUT2D eigenvalue weighted by molar-refractivity contribution is 0.353. The van der Waals surface area contributed by atoms with Gasteiger partial charge in [-0.15, -0.1) is 0 Å². The summed E-state index contributed by atoms with van der Waals surface area (Å²) in [5.41, 5.74) is 1.38. The molecule has 4 heteroatoms. The van der Waals surface area contributed by atoms with E-state index in [1.807, 2.05) is 49.4 Å². The van der Waals surface area contributed by atoms with Crippen LogP contribution in [0.4, 0.5) is 0 Å². The first-order valence-corrected chi connectivity index (χ1v) is 10.5. The molecule has 0 radical (unpaired) electrons. The Balaban J connectivity index is 2.27. The van der Waals surface area contributed by atoms with Gasteiger partial charge < -0.3 is 4.52 Å². The number of rotatable bonds is 5. The van der Waals surface area contributed by atoms with E-state index in [0.717, 1.165) is 10.2 Å². The minimum absolute atomic E-state index is 0.117. The molecule has 0 saturated heterocycles. The van der Waals surface area contributed by atoms with Crippen molar-refractivity contribution in [1.82, 2.24) is 0 Å². The average Bonchev–Trinajstić information content (AvgIpc) is 2.48. The molecule has 0 aliphatic rings. The summed E-state index contributed by atoms with van der Waals surface area (Å²) in [4.78, 5) is 0.966. The number of hydrogen-bond acceptors (Lipinski definition) is 3. The van der Waals surface area contributed by atoms with E-state index < -0.39 is 6.57 Å². The fourth-order valence-corrected chi connectivity index (χ4v) is 6.16. The Morgan fingerprint density at radius 1 is 1.00 bits per heavy atom. The Labute approximate surface area is 137 Å². The van der Waals surface area contributed by atoms with Gasteiger partial charge in [0.05, 0.1) is 6.61 Å². The number of hydrogen-bond donors (Lipinski definition) is 0. The van der Waals surface area contributed by atoms with Crippen LogP contribution in [0.15, 0.2) is 59.5 Å². The molecule has 1 atom stereocenters. The van der Waals surface area contributed by atoms with Gasteiger partial charge in [-0.1, -0.05) is 51.1 Å². The van der Waals surface area contributed by atoms with Crippen molar-refractivity contribution in [3.05, 3.63) is 60.2 Å². The van der Waals surface area contributed by atoms with Gasteiger partial charge in [0.25, 0.3) is 6.57 Å². The first-order valence-electron chi connectivity index (χ1n) is 7.45. The summed E-state index contributed by atoms with van der Waals surface area (Å²) in [6.07, 6.45) is 0. The second-order valence-corrected chi connectivity index (χ2v) is 10.5. The molecule has 1 unspecified atom stereocenters. The summed E-state index contributed by atoms with van der Waals surface area (Å²) in [5, 5.41) is 0.752. The van der Waals surface area contributed by atoms with Crippen molar-refractivity contribution in [3.63, 3.8) is 0 Å². The molecule has 0 amide bonds. The Kier molecular flexibility index (Phi) is 5.55. The van der Waals surface area contributed by atoms with Crippen LogP contribution in [-0.4, -0.2) is 6.61 Å². The van der Waals surface area contributed by atoms with Gasteiger partial charge in [-0.25, -0.2) is 0 Å². The quantitative estimate of drug-likeness (QED) is 0.663. The van der Waals surface area contributed by atoms with Gasteiger partial charge in [-0.2, -0.15) is 0 Å². The molecule has 0 bridgehead atoms. The minimum Gasteiger partial charge on any atom is -0.318 e. The molecule has 0 saturated carbocycles. The fraction of sp³-hybridized carbons (Fsp3) is 0.333. The van der Waals surface area contributed by atoms with Crippen LogP contribution in [0.3, 0.4) is 0 Å². The Morgan fingerprint density at radius 3 is 2.09 bits per heavy atom. The van der Waals surface area contributed by atoms with Crippen molar-refractivity contribution >= 4 is 23.3 Å². The SMILES string of the molecule is CCOP(=O)(Sc1ccc(C(C)(C)C)cc1)c1ccccc1. The maximum Gasteiger partial charge on any atom is 0.291 e. The van der Waals surface area contributed by atoms with Crippen molar-refractivity contribution < 1.29 is 9.09 Å². The predicted molar refractivity (Wildman–Crippen MR) is 96.3 cm³/mol. The molecule has 22 heavy (non-hydrogen) atoms. The van der Waals surface area contributed by atoms with E-state index in [-0.39, 0.29) is 5.41 Å². The number of benzene rings is 2. The topological polar surface area (TPSA) is 26.3 Å². The summed E-state index contributed by atoms with van der Waals surface area (Å²) in [5.74, 6) is 0. The van der Waals surface area contributed by atoms with E-state index >= 15 is 0 Å². The summed E-state index contributed by atoms with van der Waals surface area (Å²) >= 11 is 1.32. The Bertz CT molecular complexity index is 645. The average molecular weight is 334 g/mol. The normalized spacial score (nSPS) is 14.5. The summed E-state index contributed by atoms with van der Waals surface area (Å²) < 4.78 is 18.8. The van der Waals surface area contributed by atoms with Crippen LogP contribution in [0.5, 0.6) is 0 Å². The summed E-state index contributed by atoms with van der Waals surface area (Å²) in [7, 11) is 0. The molecule has 2 nitrogen and oxygen atoms in total. The third-order valence-electron chi connectivity index (χ3n) is 3.32. The minimum atomic E-state index is -2.93. The fourth-order valence-electron chi connectivity index (χ4n) is 2.09. The van der Waals surface area contributed by atoms with Crippen LogP contribution in [0.25, 0.3) is 0 Å². The van der Waals surface area contributed by atoms with Gasteiger partial charge in [-0.05, 0) is 53.5 Å². The lowest BCUT2D eigenvalue weighted by atomic mass is 9.87. The summed E-state index contributed by atoms with van der Waals surface area (Å²) in [6, 6.07) is 17.7. The first-order chi connectivity index (χ1) is 10.3. The molecule has 2 aromatic carbocycles. The molecule has 0 spiro atoms. The highest BCUT2D eigenvalue weighted by Gasteiger charge is 2.27. The van der Waals surface area contributed by atoms with Crippen LogP contribution in [0.2, 0.25) is 0 Å². The monoisotopic (exact) mass is 334 g/mol. The molecule has 0 N–H and O–H groups in total. The third-order valence-corrected chi connectivity index (χ3v) is 7.87. The summed E-state index contributed by atoms with van der Waals surface area (Å²) in [6.45, 7) is 5.93. The molecule has 2 aromatic rings. The van der Waals surface area contributed by atoms with Crippen molar-refractivity contribution in [2.75, 3.05) is 6.61 Å². The van der Waals surface area contributed by atoms with E-state index in [2.05, 4.69) is 32.9 Å². The van der Waals surface area contributed by atoms with Crippen LogP contribution in [0.1, 0.15) is 33.3 Å². The van der Waals surface area contributed by atoms with Crippen molar-refractivity contribution in [3.8, 4) is 0 Å². The van der Waals surface area contributed by atoms with Crippen molar-refractivity contribution in [2.24, 2.45) is 0 Å². The Morgan fingerprint density at radius 2 is 1.59 bits per heavy atom. The largest absolute Gasteiger partial charge is 0.318 e. The molecule has 0 aromatic heterocycles. The van der Waals surface area contributed by atoms with Crippen LogP contribution < -0.4 is 5.30 Å². The molecule has 2 rings (SSSR count). The van der Waals surface area contributed by atoms with Gasteiger partial charge in [0.1, 0.15) is 0 Å². The first kappa shape index (κ1) is 17.3. The molecule has 0 heterocycles. The third kappa shape index (κ3) is 4.25. The van der Waals surface area contributed by atoms with E-state index in [1.54, 1.807) is 0 Å². The van der Waals surface area contributed by atoms with Gasteiger partial charge in [0.15, 0.2) is 0 Å². The second-order valence-electron chi connectivity index (χ2n) is 6.12. The molecule has 118 valence electrons. The van der Waals surface area contributed by atoms with Crippen LogP contribution in [0, 0.1) is 0 Å². The van der Waals surface area contributed by atoms with Gasteiger partial charge in [0.2, 0.25) is 0 Å². The predicted octanol–water partition coefficient (Wildman–Crippen LogP) is 5.63. The molecule has 0 aliphatic heterocycles. The van der Waals surface area contributed by atoms with Crippen LogP contribution in [-0.2, 0) is 14.5 Å².